The predicted molar refractivity (Wildman–Crippen MR) is 37.1 cm³/mol. The van der Waals surface area contributed by atoms with Crippen molar-refractivity contribution in [3.05, 3.63) is 0 Å². The third-order valence-electron chi connectivity index (χ3n) is 1.85. The molecule has 0 aromatic rings. The van der Waals surface area contributed by atoms with Crippen LogP contribution in [0.15, 0.2) is 0 Å². The Labute approximate surface area is 61.2 Å². The second kappa shape index (κ2) is 3.88. The lowest BCUT2D eigenvalue weighted by Gasteiger charge is -2.29. The summed E-state index contributed by atoms with van der Waals surface area (Å²) in [5, 5.41) is 0. The summed E-state index contributed by atoms with van der Waals surface area (Å²) in [7, 11) is 1.45. The number of halogens is 1. The number of methoxy groups -OCH3 is 1. The van der Waals surface area contributed by atoms with Crippen molar-refractivity contribution >= 4 is 0 Å². The Morgan fingerprint density at radius 1 is 1.50 bits per heavy atom. The number of rotatable bonds is 4. The van der Waals surface area contributed by atoms with E-state index in [-0.39, 0.29) is 5.92 Å². The molecule has 0 rings (SSSR count). The van der Waals surface area contributed by atoms with E-state index in [0.29, 0.717) is 6.42 Å². The Bertz CT molecular complexity index is 81.3. The summed E-state index contributed by atoms with van der Waals surface area (Å²) in [6.45, 7) is 5.53. The van der Waals surface area contributed by atoms with Gasteiger partial charge < -0.3 is 4.74 Å². The largest absolute Gasteiger partial charge is 0.350 e. The third kappa shape index (κ3) is 1.67. The summed E-state index contributed by atoms with van der Waals surface area (Å²) in [6.07, 6.45) is 0.512. The first-order valence-corrected chi connectivity index (χ1v) is 3.47. The second-order valence-electron chi connectivity index (χ2n) is 2.60. The lowest BCUT2D eigenvalue weighted by Crippen LogP contribution is -2.37. The van der Waals surface area contributed by atoms with Crippen LogP contribution in [-0.4, -0.2) is 12.9 Å². The van der Waals surface area contributed by atoms with E-state index in [0.717, 1.165) is 0 Å². The molecule has 0 amide bonds. The third-order valence-corrected chi connectivity index (χ3v) is 1.85. The lowest BCUT2D eigenvalue weighted by atomic mass is 10.0. The van der Waals surface area contributed by atoms with Crippen LogP contribution in [0.1, 0.15) is 27.2 Å². The van der Waals surface area contributed by atoms with Crippen molar-refractivity contribution in [1.82, 2.24) is 0 Å². The SMILES string of the molecule is CCC(OC)(OF)C(C)C. The fourth-order valence-electron chi connectivity index (χ4n) is 0.963. The van der Waals surface area contributed by atoms with Gasteiger partial charge in [-0.15, -0.1) is 0 Å². The zero-order valence-corrected chi connectivity index (χ0v) is 6.98. The summed E-state index contributed by atoms with van der Waals surface area (Å²) >= 11 is 0. The summed E-state index contributed by atoms with van der Waals surface area (Å²) in [4.78, 5) is 3.78. The number of hydrogen-bond donors (Lipinski definition) is 0. The van der Waals surface area contributed by atoms with Gasteiger partial charge in [0.1, 0.15) is 0 Å². The average molecular weight is 150 g/mol. The maximum absolute atomic E-state index is 11.9. The van der Waals surface area contributed by atoms with E-state index in [1.54, 1.807) is 0 Å². The summed E-state index contributed by atoms with van der Waals surface area (Å²) < 4.78 is 16.8. The molecule has 2 nitrogen and oxygen atoms in total. The van der Waals surface area contributed by atoms with Gasteiger partial charge in [0.25, 0.3) is 0 Å². The van der Waals surface area contributed by atoms with Gasteiger partial charge in [0.05, 0.1) is 0 Å². The highest BCUT2D eigenvalue weighted by Crippen LogP contribution is 2.26. The maximum Gasteiger partial charge on any atom is 0.208 e. The van der Waals surface area contributed by atoms with Gasteiger partial charge in [0.2, 0.25) is 5.79 Å². The van der Waals surface area contributed by atoms with Crippen LogP contribution >= 0.6 is 0 Å². The van der Waals surface area contributed by atoms with Crippen molar-refractivity contribution < 1.29 is 14.2 Å². The van der Waals surface area contributed by atoms with E-state index in [9.17, 15) is 4.53 Å². The molecule has 0 bridgehead atoms. The first-order valence-electron chi connectivity index (χ1n) is 3.47. The smallest absolute Gasteiger partial charge is 0.208 e. The van der Waals surface area contributed by atoms with Crippen molar-refractivity contribution in [2.45, 2.75) is 33.0 Å². The van der Waals surface area contributed by atoms with E-state index in [1.807, 2.05) is 20.8 Å². The molecule has 0 saturated carbocycles. The van der Waals surface area contributed by atoms with E-state index in [2.05, 4.69) is 4.94 Å². The van der Waals surface area contributed by atoms with Crippen LogP contribution in [0, 0.1) is 5.92 Å². The monoisotopic (exact) mass is 150 g/mol. The zero-order valence-electron chi connectivity index (χ0n) is 6.98. The van der Waals surface area contributed by atoms with Gasteiger partial charge in [-0.2, -0.15) is 4.94 Å². The topological polar surface area (TPSA) is 18.5 Å². The Kier molecular flexibility index (Phi) is 3.83. The summed E-state index contributed by atoms with van der Waals surface area (Å²) in [6, 6.07) is 0. The lowest BCUT2D eigenvalue weighted by molar-refractivity contribution is -0.356. The Morgan fingerprint density at radius 2 is 2.00 bits per heavy atom. The van der Waals surface area contributed by atoms with Crippen LogP contribution in [0.5, 0.6) is 0 Å². The minimum Gasteiger partial charge on any atom is -0.350 e. The van der Waals surface area contributed by atoms with Gasteiger partial charge >= 0.3 is 0 Å². The zero-order chi connectivity index (χ0) is 8.20. The quantitative estimate of drug-likeness (QED) is 0.572. The molecule has 1 atom stereocenters. The van der Waals surface area contributed by atoms with Crippen LogP contribution in [-0.2, 0) is 9.68 Å². The van der Waals surface area contributed by atoms with Crippen LogP contribution < -0.4 is 0 Å². The van der Waals surface area contributed by atoms with Crippen molar-refractivity contribution in [3.8, 4) is 0 Å². The molecule has 0 aliphatic rings. The highest BCUT2D eigenvalue weighted by Gasteiger charge is 2.34. The van der Waals surface area contributed by atoms with Crippen molar-refractivity contribution in [2.75, 3.05) is 7.11 Å². The molecule has 0 spiro atoms. The average Bonchev–Trinajstić information content (AvgIpc) is 1.92. The first kappa shape index (κ1) is 9.85. The van der Waals surface area contributed by atoms with Crippen molar-refractivity contribution in [3.63, 3.8) is 0 Å². The standard InChI is InChI=1S/C7H15FO2/c1-5-7(9-4,10-8)6(2)3/h6H,5H2,1-4H3. The maximum atomic E-state index is 11.9. The Balaban J connectivity index is 4.15. The van der Waals surface area contributed by atoms with Gasteiger partial charge in [0.15, 0.2) is 0 Å². The molecule has 0 aliphatic heterocycles. The molecule has 0 fully saturated rings. The molecule has 0 heterocycles. The first-order chi connectivity index (χ1) is 4.63. The van der Waals surface area contributed by atoms with Gasteiger partial charge in [-0.3, -0.25) is 0 Å². The molecule has 0 radical (unpaired) electrons. The van der Waals surface area contributed by atoms with Crippen LogP contribution in [0.3, 0.4) is 0 Å². The minimum atomic E-state index is -1.04. The van der Waals surface area contributed by atoms with Gasteiger partial charge in [-0.05, 0) is 4.53 Å². The molecule has 10 heavy (non-hydrogen) atoms. The van der Waals surface area contributed by atoms with E-state index in [1.165, 1.54) is 7.11 Å². The van der Waals surface area contributed by atoms with Gasteiger partial charge in [0, 0.05) is 19.4 Å². The van der Waals surface area contributed by atoms with Gasteiger partial charge in [-0.1, -0.05) is 20.8 Å². The van der Waals surface area contributed by atoms with Crippen molar-refractivity contribution in [2.24, 2.45) is 5.92 Å². The molecule has 3 heteroatoms. The molecule has 0 aromatic heterocycles. The van der Waals surface area contributed by atoms with Gasteiger partial charge in [-0.25, -0.2) is 0 Å². The molecule has 0 saturated heterocycles. The predicted octanol–water partition coefficient (Wildman–Crippen LogP) is 2.30. The normalized spacial score (nSPS) is 17.4. The van der Waals surface area contributed by atoms with Crippen LogP contribution in [0.2, 0.25) is 0 Å². The highest BCUT2D eigenvalue weighted by molar-refractivity contribution is 4.69. The molecule has 1 unspecified atom stereocenters. The van der Waals surface area contributed by atoms with Crippen LogP contribution in [0.25, 0.3) is 0 Å². The highest BCUT2D eigenvalue weighted by atomic mass is 19.3. The second-order valence-corrected chi connectivity index (χ2v) is 2.60. The Morgan fingerprint density at radius 3 is 2.00 bits per heavy atom. The number of hydrogen-bond acceptors (Lipinski definition) is 2. The fraction of sp³-hybridized carbons (Fsp3) is 1.00. The van der Waals surface area contributed by atoms with Crippen molar-refractivity contribution in [1.29, 1.82) is 0 Å². The molecular weight excluding hydrogens is 135 g/mol. The molecule has 62 valence electrons. The van der Waals surface area contributed by atoms with Crippen LogP contribution in [0.4, 0.5) is 4.53 Å². The fourth-order valence-corrected chi connectivity index (χ4v) is 0.963. The van der Waals surface area contributed by atoms with E-state index < -0.39 is 5.79 Å². The minimum absolute atomic E-state index is 0.0208. The number of ether oxygens (including phenoxy) is 1. The molecule has 0 aromatic carbocycles. The summed E-state index contributed by atoms with van der Waals surface area (Å²) in [5.74, 6) is -1.02. The van der Waals surface area contributed by atoms with E-state index in [4.69, 9.17) is 4.74 Å². The Hall–Kier alpha value is -0.150. The molecule has 0 aliphatic carbocycles. The molecule has 0 N–H and O–H groups in total. The van der Waals surface area contributed by atoms with E-state index >= 15 is 0 Å². The summed E-state index contributed by atoms with van der Waals surface area (Å²) in [5.41, 5.74) is 0. The molecular formula is C7H15FO2.